The second-order valence-corrected chi connectivity index (χ2v) is 6.82. The van der Waals surface area contributed by atoms with Crippen LogP contribution in [-0.2, 0) is 12.8 Å². The number of aromatic nitrogens is 3. The number of nitrogens with zero attached hydrogens (tertiary/aromatic N) is 3. The smallest absolute Gasteiger partial charge is 0.160 e. The van der Waals surface area contributed by atoms with Gasteiger partial charge >= 0.3 is 0 Å². The molecule has 0 saturated carbocycles. The summed E-state index contributed by atoms with van der Waals surface area (Å²) in [6.45, 7) is 0. The van der Waals surface area contributed by atoms with Crippen molar-refractivity contribution >= 4 is 33.9 Å². The largest absolute Gasteiger partial charge is 0.338 e. The number of pyridine rings is 1. The maximum atomic E-state index is 5.96. The second kappa shape index (κ2) is 8.14. The standard InChI is InChI=1S/C22H19ClN4/c23-17-10-12-18(13-11-17)25-22-20-8-2-1-7-19(20)21(26-27-22)9-3-5-16-6-4-14-24-15-16/h1-2,4,6-8,10-15H,3,5,9H2,(H,25,27). The Balaban J connectivity index is 1.55. The van der Waals surface area contributed by atoms with Gasteiger partial charge in [0.15, 0.2) is 5.82 Å². The summed E-state index contributed by atoms with van der Waals surface area (Å²) in [7, 11) is 0. The van der Waals surface area contributed by atoms with Gasteiger partial charge in [0.1, 0.15) is 0 Å². The number of rotatable bonds is 6. The third kappa shape index (κ3) is 4.23. The fraction of sp³-hybridized carbons (Fsp3) is 0.136. The summed E-state index contributed by atoms with van der Waals surface area (Å²) in [4.78, 5) is 4.17. The van der Waals surface area contributed by atoms with Gasteiger partial charge < -0.3 is 5.32 Å². The lowest BCUT2D eigenvalue weighted by atomic mass is 10.0. The molecule has 4 aromatic rings. The molecule has 2 aromatic heterocycles. The lowest BCUT2D eigenvalue weighted by Gasteiger charge is -2.11. The molecule has 4 rings (SSSR count). The van der Waals surface area contributed by atoms with E-state index >= 15 is 0 Å². The summed E-state index contributed by atoms with van der Waals surface area (Å²) in [6.07, 6.45) is 6.59. The molecule has 0 aliphatic rings. The van der Waals surface area contributed by atoms with E-state index in [1.165, 1.54) is 5.56 Å². The number of hydrogen-bond acceptors (Lipinski definition) is 4. The Morgan fingerprint density at radius 2 is 1.63 bits per heavy atom. The molecule has 0 fully saturated rings. The van der Waals surface area contributed by atoms with Crippen molar-refractivity contribution in [2.24, 2.45) is 0 Å². The number of aryl methyl sites for hydroxylation is 2. The van der Waals surface area contributed by atoms with Gasteiger partial charge in [-0.15, -0.1) is 5.10 Å². The van der Waals surface area contributed by atoms with Crippen LogP contribution in [0.2, 0.25) is 5.02 Å². The third-order valence-corrected chi connectivity index (χ3v) is 4.72. The minimum Gasteiger partial charge on any atom is -0.338 e. The van der Waals surface area contributed by atoms with Crippen LogP contribution in [0.25, 0.3) is 10.8 Å². The predicted molar refractivity (Wildman–Crippen MR) is 111 cm³/mol. The summed E-state index contributed by atoms with van der Waals surface area (Å²) in [5.41, 5.74) is 3.20. The molecule has 0 atom stereocenters. The van der Waals surface area contributed by atoms with Crippen LogP contribution in [0.4, 0.5) is 11.5 Å². The minimum absolute atomic E-state index is 0.709. The molecule has 4 nitrogen and oxygen atoms in total. The van der Waals surface area contributed by atoms with E-state index in [0.29, 0.717) is 5.02 Å². The summed E-state index contributed by atoms with van der Waals surface area (Å²) in [5, 5.41) is 15.2. The van der Waals surface area contributed by atoms with Crippen molar-refractivity contribution in [3.63, 3.8) is 0 Å². The molecule has 0 unspecified atom stereocenters. The minimum atomic E-state index is 0.709. The average Bonchev–Trinajstić information content (AvgIpc) is 2.72. The van der Waals surface area contributed by atoms with Gasteiger partial charge in [0.25, 0.3) is 0 Å². The van der Waals surface area contributed by atoms with Gasteiger partial charge in [0.05, 0.1) is 5.69 Å². The van der Waals surface area contributed by atoms with E-state index in [1.54, 1.807) is 6.20 Å². The van der Waals surface area contributed by atoms with Crippen LogP contribution in [-0.4, -0.2) is 15.2 Å². The molecule has 0 amide bonds. The summed E-state index contributed by atoms with van der Waals surface area (Å²) in [5.74, 6) is 0.754. The SMILES string of the molecule is Clc1ccc(Nc2nnc(CCCc3cccnc3)c3ccccc23)cc1. The third-order valence-electron chi connectivity index (χ3n) is 4.47. The maximum Gasteiger partial charge on any atom is 0.160 e. The maximum absolute atomic E-state index is 5.96. The number of fused-ring (bicyclic) bond motifs is 1. The first-order chi connectivity index (χ1) is 13.3. The molecular weight excluding hydrogens is 356 g/mol. The Morgan fingerprint density at radius 3 is 2.41 bits per heavy atom. The Kier molecular flexibility index (Phi) is 5.26. The van der Waals surface area contributed by atoms with E-state index in [2.05, 4.69) is 38.7 Å². The zero-order valence-corrected chi connectivity index (χ0v) is 15.5. The van der Waals surface area contributed by atoms with Crippen LogP contribution in [0.15, 0.2) is 73.1 Å². The van der Waals surface area contributed by atoms with Crippen molar-refractivity contribution in [2.75, 3.05) is 5.32 Å². The summed E-state index contributed by atoms with van der Waals surface area (Å²) >= 11 is 5.96. The van der Waals surface area contributed by atoms with E-state index in [-0.39, 0.29) is 0 Å². The van der Waals surface area contributed by atoms with E-state index in [0.717, 1.165) is 47.2 Å². The molecule has 0 radical (unpaired) electrons. The van der Waals surface area contributed by atoms with Crippen molar-refractivity contribution in [1.29, 1.82) is 0 Å². The molecule has 0 saturated heterocycles. The van der Waals surface area contributed by atoms with E-state index in [4.69, 9.17) is 11.6 Å². The topological polar surface area (TPSA) is 50.7 Å². The fourth-order valence-corrected chi connectivity index (χ4v) is 3.24. The highest BCUT2D eigenvalue weighted by Gasteiger charge is 2.09. The van der Waals surface area contributed by atoms with Crippen LogP contribution >= 0.6 is 11.6 Å². The molecule has 2 heterocycles. The molecule has 0 spiro atoms. The monoisotopic (exact) mass is 374 g/mol. The first-order valence-electron chi connectivity index (χ1n) is 8.95. The van der Waals surface area contributed by atoms with Gasteiger partial charge in [-0.2, -0.15) is 5.10 Å². The molecular formula is C22H19ClN4. The van der Waals surface area contributed by atoms with E-state index < -0.39 is 0 Å². The summed E-state index contributed by atoms with van der Waals surface area (Å²) < 4.78 is 0. The zero-order chi connectivity index (χ0) is 18.5. The first kappa shape index (κ1) is 17.4. The Labute approximate surface area is 163 Å². The Bertz CT molecular complexity index is 1030. The Hall–Kier alpha value is -2.98. The van der Waals surface area contributed by atoms with Gasteiger partial charge in [-0.1, -0.05) is 41.9 Å². The second-order valence-electron chi connectivity index (χ2n) is 6.39. The van der Waals surface area contributed by atoms with Crippen LogP contribution in [0.5, 0.6) is 0 Å². The van der Waals surface area contributed by atoms with Crippen molar-refractivity contribution in [3.05, 3.63) is 89.3 Å². The average molecular weight is 375 g/mol. The quantitative estimate of drug-likeness (QED) is 0.477. The number of hydrogen-bond donors (Lipinski definition) is 1. The molecule has 0 aliphatic heterocycles. The van der Waals surface area contributed by atoms with Crippen LogP contribution in [0, 0.1) is 0 Å². The zero-order valence-electron chi connectivity index (χ0n) is 14.8. The van der Waals surface area contributed by atoms with Crippen LogP contribution < -0.4 is 5.32 Å². The molecule has 0 bridgehead atoms. The van der Waals surface area contributed by atoms with Crippen LogP contribution in [0.1, 0.15) is 17.7 Å². The Morgan fingerprint density at radius 1 is 0.815 bits per heavy atom. The van der Waals surface area contributed by atoms with Crippen molar-refractivity contribution in [1.82, 2.24) is 15.2 Å². The van der Waals surface area contributed by atoms with Gasteiger partial charge in [0, 0.05) is 33.9 Å². The van der Waals surface area contributed by atoms with Gasteiger partial charge in [-0.25, -0.2) is 0 Å². The van der Waals surface area contributed by atoms with E-state index in [1.807, 2.05) is 48.7 Å². The van der Waals surface area contributed by atoms with Gasteiger partial charge in [-0.3, -0.25) is 4.98 Å². The van der Waals surface area contributed by atoms with Crippen molar-refractivity contribution < 1.29 is 0 Å². The molecule has 1 N–H and O–H groups in total. The van der Waals surface area contributed by atoms with Crippen molar-refractivity contribution in [2.45, 2.75) is 19.3 Å². The molecule has 134 valence electrons. The predicted octanol–water partition coefficient (Wildman–Crippen LogP) is 5.60. The molecule has 0 aliphatic carbocycles. The van der Waals surface area contributed by atoms with Crippen LogP contribution in [0.3, 0.4) is 0 Å². The number of benzene rings is 2. The highest BCUT2D eigenvalue weighted by atomic mass is 35.5. The lowest BCUT2D eigenvalue weighted by molar-refractivity contribution is 0.785. The highest BCUT2D eigenvalue weighted by molar-refractivity contribution is 6.30. The molecule has 5 heteroatoms. The highest BCUT2D eigenvalue weighted by Crippen LogP contribution is 2.27. The first-order valence-corrected chi connectivity index (χ1v) is 9.33. The molecule has 2 aromatic carbocycles. The van der Waals surface area contributed by atoms with E-state index in [9.17, 15) is 0 Å². The molecule has 27 heavy (non-hydrogen) atoms. The normalized spacial score (nSPS) is 10.9. The summed E-state index contributed by atoms with van der Waals surface area (Å²) in [6, 6.07) is 19.9. The number of halogens is 1. The number of nitrogens with one attached hydrogen (secondary N) is 1. The van der Waals surface area contributed by atoms with Gasteiger partial charge in [-0.05, 0) is 55.2 Å². The van der Waals surface area contributed by atoms with Gasteiger partial charge in [0.2, 0.25) is 0 Å². The fourth-order valence-electron chi connectivity index (χ4n) is 3.11. The number of anilines is 2. The van der Waals surface area contributed by atoms with Crippen molar-refractivity contribution in [3.8, 4) is 0 Å². The lowest BCUT2D eigenvalue weighted by Crippen LogP contribution is -2.02.